The van der Waals surface area contributed by atoms with Gasteiger partial charge in [0.2, 0.25) is 0 Å². The van der Waals surface area contributed by atoms with E-state index in [9.17, 15) is 0 Å². The molecular formula is C28H68MgN2O10S2. The molecule has 0 spiro atoms. The molecule has 0 heterocycles. The largest absolute Gasteiger partial charge is 0.394 e. The van der Waals surface area contributed by atoms with Crippen molar-refractivity contribution in [3.05, 3.63) is 0 Å². The molecule has 0 aromatic carbocycles. The zero-order chi connectivity index (χ0) is 32.8. The van der Waals surface area contributed by atoms with Crippen molar-refractivity contribution in [3.63, 3.8) is 0 Å². The van der Waals surface area contributed by atoms with Crippen LogP contribution in [-0.2, 0) is 30.3 Å². The van der Waals surface area contributed by atoms with E-state index < -0.39 is 20.8 Å². The molecule has 0 bridgehead atoms. The van der Waals surface area contributed by atoms with E-state index in [-0.39, 0.29) is 23.1 Å². The molecule has 0 fully saturated rings. The predicted molar refractivity (Wildman–Crippen MR) is 180 cm³/mol. The number of hydrogen-bond acceptors (Lipinski definition) is 8. The third-order valence-corrected chi connectivity index (χ3v) is 5.81. The van der Waals surface area contributed by atoms with Gasteiger partial charge in [-0.15, -0.1) is 0 Å². The Balaban J connectivity index is -0.000000217. The molecule has 12 nitrogen and oxygen atoms in total. The minimum Gasteiger partial charge on any atom is -0.381 e. The standard InChI is InChI=1S/C24H50O.C4H12N2O.Mg.2H2O4S.2H/c1-3-5-7-9-11-13-15-17-19-21-23-25-24-22-20-18-16-14-12-10-8-6-4-2;5-1-3-7-4-2-6;;2*1-5(2,3)4;;/h3-24H2,1-2H3;1-6H2;;2*(H2,1,2,3,4);;. The number of rotatable bonds is 26. The van der Waals surface area contributed by atoms with Gasteiger partial charge in [-0.3, -0.25) is 18.2 Å². The highest BCUT2D eigenvalue weighted by Gasteiger charge is 1.95. The maximum Gasteiger partial charge on any atom is 0.394 e. The first kappa shape index (κ1) is 52.9. The summed E-state index contributed by atoms with van der Waals surface area (Å²) in [5.74, 6) is 0. The number of ether oxygens (including phenoxy) is 2. The van der Waals surface area contributed by atoms with E-state index in [2.05, 4.69) is 13.8 Å². The number of nitrogens with two attached hydrogens (primary N) is 2. The van der Waals surface area contributed by atoms with Gasteiger partial charge in [-0.1, -0.05) is 129 Å². The van der Waals surface area contributed by atoms with Crippen molar-refractivity contribution < 1.29 is 44.5 Å². The Labute approximate surface area is 280 Å². The lowest BCUT2D eigenvalue weighted by Gasteiger charge is -2.05. The van der Waals surface area contributed by atoms with Gasteiger partial charge in [-0.05, 0) is 12.8 Å². The quantitative estimate of drug-likeness (QED) is 0.0376. The molecule has 0 amide bonds. The minimum atomic E-state index is -4.67. The maximum atomic E-state index is 8.74. The fourth-order valence-corrected chi connectivity index (χ4v) is 3.75. The van der Waals surface area contributed by atoms with E-state index in [1.807, 2.05) is 0 Å². The lowest BCUT2D eigenvalue weighted by molar-refractivity contribution is 0.125. The molecule has 0 aliphatic heterocycles. The summed E-state index contributed by atoms with van der Waals surface area (Å²) in [5.41, 5.74) is 10.2. The molecule has 0 aromatic rings. The Bertz CT molecular complexity index is 617. The molecule has 0 saturated heterocycles. The summed E-state index contributed by atoms with van der Waals surface area (Å²) in [6, 6.07) is 0. The summed E-state index contributed by atoms with van der Waals surface area (Å²) in [7, 11) is -9.33. The van der Waals surface area contributed by atoms with Gasteiger partial charge in [-0.2, -0.15) is 16.8 Å². The smallest absolute Gasteiger partial charge is 0.381 e. The molecular weight excluding hydrogens is 613 g/mol. The van der Waals surface area contributed by atoms with Crippen LogP contribution in [0.2, 0.25) is 0 Å². The molecule has 0 aliphatic rings. The zero-order valence-electron chi connectivity index (χ0n) is 26.6. The molecule has 15 heteroatoms. The third kappa shape index (κ3) is 99.3. The average Bonchev–Trinajstić information content (AvgIpc) is 2.88. The van der Waals surface area contributed by atoms with Gasteiger partial charge < -0.3 is 20.9 Å². The second kappa shape index (κ2) is 44.5. The molecule has 0 unspecified atom stereocenters. The molecule has 0 saturated carbocycles. The molecule has 0 rings (SSSR count). The van der Waals surface area contributed by atoms with E-state index >= 15 is 0 Å². The molecule has 8 N–H and O–H groups in total. The Morgan fingerprint density at radius 1 is 0.419 bits per heavy atom. The highest BCUT2D eigenvalue weighted by molar-refractivity contribution is 7.80. The molecule has 0 atom stereocenters. The van der Waals surface area contributed by atoms with Gasteiger partial charge in [0, 0.05) is 26.3 Å². The molecule has 43 heavy (non-hydrogen) atoms. The van der Waals surface area contributed by atoms with Crippen molar-refractivity contribution in [2.24, 2.45) is 11.5 Å². The predicted octanol–water partition coefficient (Wildman–Crippen LogP) is 5.54. The Morgan fingerprint density at radius 2 is 0.605 bits per heavy atom. The third-order valence-electron chi connectivity index (χ3n) is 5.81. The van der Waals surface area contributed by atoms with Gasteiger partial charge >= 0.3 is 43.9 Å². The van der Waals surface area contributed by atoms with E-state index in [1.165, 1.54) is 128 Å². The van der Waals surface area contributed by atoms with Crippen molar-refractivity contribution >= 4 is 43.9 Å². The van der Waals surface area contributed by atoms with Crippen molar-refractivity contribution in [3.8, 4) is 0 Å². The Morgan fingerprint density at radius 3 is 0.814 bits per heavy atom. The van der Waals surface area contributed by atoms with Crippen LogP contribution in [0, 0.1) is 0 Å². The summed E-state index contributed by atoms with van der Waals surface area (Å²) < 4.78 is 73.8. The van der Waals surface area contributed by atoms with Crippen molar-refractivity contribution in [1.29, 1.82) is 0 Å². The fraction of sp³-hybridized carbons (Fsp3) is 1.00. The SMILES string of the molecule is CCCCCCCCCCCCOCCCCCCCCCCCC.NCCOCCN.O=S(=O)(O)O.O=S(=O)(O)O.[MgH2]. The summed E-state index contributed by atoms with van der Waals surface area (Å²) in [4.78, 5) is 0. The van der Waals surface area contributed by atoms with Crippen LogP contribution in [0.3, 0.4) is 0 Å². The van der Waals surface area contributed by atoms with E-state index in [0.717, 1.165) is 13.2 Å². The molecule has 0 radical (unpaired) electrons. The van der Waals surface area contributed by atoms with Crippen LogP contribution in [-0.4, -0.2) is 97.6 Å². The van der Waals surface area contributed by atoms with E-state index in [1.54, 1.807) is 0 Å². The topological polar surface area (TPSA) is 220 Å². The van der Waals surface area contributed by atoms with Gasteiger partial charge in [-0.25, -0.2) is 0 Å². The van der Waals surface area contributed by atoms with Crippen LogP contribution in [0.25, 0.3) is 0 Å². The van der Waals surface area contributed by atoms with Crippen LogP contribution in [0.5, 0.6) is 0 Å². The van der Waals surface area contributed by atoms with Gasteiger partial charge in [0.15, 0.2) is 0 Å². The zero-order valence-corrected chi connectivity index (χ0v) is 28.2. The van der Waals surface area contributed by atoms with Crippen LogP contribution < -0.4 is 11.5 Å². The molecule has 264 valence electrons. The van der Waals surface area contributed by atoms with Gasteiger partial charge in [0.05, 0.1) is 13.2 Å². The van der Waals surface area contributed by atoms with E-state index in [4.69, 9.17) is 56.0 Å². The summed E-state index contributed by atoms with van der Waals surface area (Å²) >= 11 is 0. The number of hydrogen-bond donors (Lipinski definition) is 6. The summed E-state index contributed by atoms with van der Waals surface area (Å²) in [5, 5.41) is 0. The second-order valence-electron chi connectivity index (χ2n) is 10.1. The first-order valence-electron chi connectivity index (χ1n) is 15.8. The van der Waals surface area contributed by atoms with Gasteiger partial charge in [0.1, 0.15) is 0 Å². The second-order valence-corrected chi connectivity index (χ2v) is 11.9. The number of unbranched alkanes of at least 4 members (excludes halogenated alkanes) is 18. The van der Waals surface area contributed by atoms with Crippen LogP contribution in [0.4, 0.5) is 0 Å². The highest BCUT2D eigenvalue weighted by atomic mass is 32.3. The first-order chi connectivity index (χ1) is 19.8. The summed E-state index contributed by atoms with van der Waals surface area (Å²) in [6.45, 7) is 8.98. The first-order valence-corrected chi connectivity index (χ1v) is 18.6. The van der Waals surface area contributed by atoms with Crippen LogP contribution in [0.1, 0.15) is 142 Å². The monoisotopic (exact) mass is 680 g/mol. The summed E-state index contributed by atoms with van der Waals surface area (Å²) in [6.07, 6.45) is 28.2. The van der Waals surface area contributed by atoms with E-state index in [0.29, 0.717) is 26.3 Å². The van der Waals surface area contributed by atoms with Gasteiger partial charge in [0.25, 0.3) is 0 Å². The lowest BCUT2D eigenvalue weighted by Crippen LogP contribution is -2.13. The van der Waals surface area contributed by atoms with Crippen molar-refractivity contribution in [2.75, 3.05) is 39.5 Å². The normalized spacial score (nSPS) is 10.8. The lowest BCUT2D eigenvalue weighted by atomic mass is 10.1. The fourth-order valence-electron chi connectivity index (χ4n) is 3.75. The van der Waals surface area contributed by atoms with Crippen LogP contribution >= 0.6 is 0 Å². The maximum absolute atomic E-state index is 8.74. The Kier molecular flexibility index (Phi) is 54.7. The average molecular weight is 681 g/mol. The van der Waals surface area contributed by atoms with Crippen molar-refractivity contribution in [2.45, 2.75) is 142 Å². The Hall–Kier alpha value is 0.346. The molecule has 0 aromatic heterocycles. The minimum absolute atomic E-state index is 0. The highest BCUT2D eigenvalue weighted by Crippen LogP contribution is 2.12. The molecule has 0 aliphatic carbocycles. The van der Waals surface area contributed by atoms with Crippen LogP contribution in [0.15, 0.2) is 0 Å². The van der Waals surface area contributed by atoms with Crippen molar-refractivity contribution in [1.82, 2.24) is 0 Å².